The second-order valence-corrected chi connectivity index (χ2v) is 7.28. The Morgan fingerprint density at radius 1 is 1.12 bits per heavy atom. The highest BCUT2D eigenvalue weighted by atomic mass is 32.2. The van der Waals surface area contributed by atoms with Gasteiger partial charge in [0.25, 0.3) is 0 Å². The van der Waals surface area contributed by atoms with Gasteiger partial charge in [0.2, 0.25) is 10.0 Å². The van der Waals surface area contributed by atoms with Crippen LogP contribution < -0.4 is 10.5 Å². The van der Waals surface area contributed by atoms with Crippen molar-refractivity contribution in [2.45, 2.75) is 56.2 Å². The van der Waals surface area contributed by atoms with E-state index in [2.05, 4.69) is 4.72 Å². The molecule has 2 saturated carbocycles. The van der Waals surface area contributed by atoms with Crippen LogP contribution >= 0.6 is 0 Å². The average molecular weight is 246 g/mol. The van der Waals surface area contributed by atoms with Crippen molar-refractivity contribution in [3.63, 3.8) is 0 Å². The zero-order valence-electron chi connectivity index (χ0n) is 9.69. The van der Waals surface area contributed by atoms with Gasteiger partial charge in [-0.2, -0.15) is 0 Å². The Bertz CT molecular complexity index is 323. The Labute approximate surface area is 98.0 Å². The van der Waals surface area contributed by atoms with E-state index < -0.39 is 10.0 Å². The Morgan fingerprint density at radius 3 is 2.38 bits per heavy atom. The van der Waals surface area contributed by atoms with Crippen molar-refractivity contribution >= 4 is 10.0 Å². The van der Waals surface area contributed by atoms with Crippen molar-refractivity contribution in [2.24, 2.45) is 11.7 Å². The second-order valence-electron chi connectivity index (χ2n) is 5.24. The fourth-order valence-electron chi connectivity index (χ4n) is 2.85. The molecule has 2 rings (SSSR count). The van der Waals surface area contributed by atoms with Crippen LogP contribution in [0, 0.1) is 5.92 Å². The van der Waals surface area contributed by atoms with Crippen LogP contribution in [0.2, 0.25) is 0 Å². The average Bonchev–Trinajstić information content (AvgIpc) is 2.85. The van der Waals surface area contributed by atoms with Crippen molar-refractivity contribution < 1.29 is 8.42 Å². The number of nitrogens with two attached hydrogens (primary N) is 1. The van der Waals surface area contributed by atoms with Crippen molar-refractivity contribution in [3.05, 3.63) is 0 Å². The smallest absolute Gasteiger partial charge is 0.214 e. The van der Waals surface area contributed by atoms with Crippen molar-refractivity contribution in [3.8, 4) is 0 Å². The maximum absolute atomic E-state index is 11.9. The van der Waals surface area contributed by atoms with Crippen LogP contribution in [0.4, 0.5) is 0 Å². The second kappa shape index (κ2) is 5.02. The molecule has 3 N–H and O–H groups in total. The zero-order valence-corrected chi connectivity index (χ0v) is 10.5. The van der Waals surface area contributed by atoms with Gasteiger partial charge >= 0.3 is 0 Å². The fraction of sp³-hybridized carbons (Fsp3) is 1.00. The molecule has 0 amide bonds. The predicted octanol–water partition coefficient (Wildman–Crippen LogP) is 0.976. The van der Waals surface area contributed by atoms with E-state index in [1.165, 1.54) is 0 Å². The van der Waals surface area contributed by atoms with Crippen LogP contribution in [-0.2, 0) is 10.0 Å². The summed E-state index contributed by atoms with van der Waals surface area (Å²) in [7, 11) is -3.06. The van der Waals surface area contributed by atoms with Gasteiger partial charge in [0.1, 0.15) is 0 Å². The number of nitrogens with one attached hydrogen (secondary N) is 1. The maximum Gasteiger partial charge on any atom is 0.214 e. The van der Waals surface area contributed by atoms with E-state index >= 15 is 0 Å². The molecule has 0 spiro atoms. The normalized spacial score (nSPS) is 32.3. The first-order valence-electron chi connectivity index (χ1n) is 6.32. The van der Waals surface area contributed by atoms with E-state index in [4.69, 9.17) is 5.73 Å². The summed E-state index contributed by atoms with van der Waals surface area (Å²) in [6.07, 6.45) is 6.84. The molecular weight excluding hydrogens is 224 g/mol. The SMILES string of the molecule is NC1CCC(CNS(=O)(=O)C2CCCC2)C1. The monoisotopic (exact) mass is 246 g/mol. The summed E-state index contributed by atoms with van der Waals surface area (Å²) < 4.78 is 26.6. The highest BCUT2D eigenvalue weighted by Gasteiger charge is 2.30. The minimum Gasteiger partial charge on any atom is -0.328 e. The minimum absolute atomic E-state index is 0.137. The van der Waals surface area contributed by atoms with Crippen LogP contribution in [0.1, 0.15) is 44.9 Å². The molecule has 4 nitrogen and oxygen atoms in total. The lowest BCUT2D eigenvalue weighted by atomic mass is 10.1. The molecule has 2 atom stereocenters. The number of sulfonamides is 1. The molecule has 0 radical (unpaired) electrons. The fourth-order valence-corrected chi connectivity index (χ4v) is 4.51. The lowest BCUT2D eigenvalue weighted by Crippen LogP contribution is -2.35. The van der Waals surface area contributed by atoms with Crippen molar-refractivity contribution in [2.75, 3.05) is 6.54 Å². The van der Waals surface area contributed by atoms with Gasteiger partial charge in [0.05, 0.1) is 5.25 Å². The first kappa shape index (κ1) is 12.3. The van der Waals surface area contributed by atoms with Gasteiger partial charge < -0.3 is 5.73 Å². The third-order valence-corrected chi connectivity index (χ3v) is 5.81. The third-order valence-electron chi connectivity index (χ3n) is 3.90. The molecule has 2 fully saturated rings. The highest BCUT2D eigenvalue weighted by molar-refractivity contribution is 7.90. The molecule has 0 aromatic heterocycles. The van der Waals surface area contributed by atoms with Crippen LogP contribution in [0.15, 0.2) is 0 Å². The minimum atomic E-state index is -3.06. The van der Waals surface area contributed by atoms with Crippen LogP contribution in [0.25, 0.3) is 0 Å². The Morgan fingerprint density at radius 2 is 1.81 bits per heavy atom. The van der Waals surface area contributed by atoms with E-state index in [9.17, 15) is 8.42 Å². The van der Waals surface area contributed by atoms with Gasteiger partial charge in [-0.05, 0) is 38.0 Å². The van der Waals surface area contributed by atoms with Gasteiger partial charge in [0.15, 0.2) is 0 Å². The summed E-state index contributed by atoms with van der Waals surface area (Å²) in [6, 6.07) is 0.279. The van der Waals surface area contributed by atoms with Crippen molar-refractivity contribution in [1.82, 2.24) is 4.72 Å². The Hall–Kier alpha value is -0.130. The highest BCUT2D eigenvalue weighted by Crippen LogP contribution is 2.26. The quantitative estimate of drug-likeness (QED) is 0.776. The molecule has 0 aromatic carbocycles. The van der Waals surface area contributed by atoms with Gasteiger partial charge in [-0.1, -0.05) is 12.8 Å². The maximum atomic E-state index is 11.9. The molecule has 2 aliphatic carbocycles. The van der Waals surface area contributed by atoms with Gasteiger partial charge in [-0.3, -0.25) is 0 Å². The topological polar surface area (TPSA) is 72.2 Å². The molecule has 94 valence electrons. The van der Waals surface area contributed by atoms with Crippen molar-refractivity contribution in [1.29, 1.82) is 0 Å². The molecule has 2 aliphatic rings. The number of hydrogen-bond donors (Lipinski definition) is 2. The first-order valence-corrected chi connectivity index (χ1v) is 7.86. The molecule has 2 unspecified atom stereocenters. The molecular formula is C11H22N2O2S. The third kappa shape index (κ3) is 2.96. The number of hydrogen-bond acceptors (Lipinski definition) is 3. The van der Waals surface area contributed by atoms with Crippen LogP contribution in [0.3, 0.4) is 0 Å². The van der Waals surface area contributed by atoms with Gasteiger partial charge in [-0.25, -0.2) is 13.1 Å². The largest absolute Gasteiger partial charge is 0.328 e. The Balaban J connectivity index is 1.80. The molecule has 0 aliphatic heterocycles. The number of rotatable bonds is 4. The lowest BCUT2D eigenvalue weighted by Gasteiger charge is -2.15. The summed E-state index contributed by atoms with van der Waals surface area (Å²) in [5.41, 5.74) is 5.81. The van der Waals surface area contributed by atoms with Gasteiger partial charge in [0, 0.05) is 12.6 Å². The summed E-state index contributed by atoms with van der Waals surface area (Å²) in [6.45, 7) is 0.590. The van der Waals surface area contributed by atoms with E-state index in [1.54, 1.807) is 0 Å². The molecule has 16 heavy (non-hydrogen) atoms. The standard InChI is InChI=1S/C11H22N2O2S/c12-10-6-5-9(7-10)8-13-16(14,15)11-3-1-2-4-11/h9-11,13H,1-8,12H2. The van der Waals surface area contributed by atoms with E-state index in [0.717, 1.165) is 44.9 Å². The molecule has 0 aromatic rings. The first-order chi connectivity index (χ1) is 7.58. The Kier molecular flexibility index (Phi) is 3.87. The molecule has 0 saturated heterocycles. The van der Waals surface area contributed by atoms with E-state index in [0.29, 0.717) is 12.5 Å². The lowest BCUT2D eigenvalue weighted by molar-refractivity contribution is 0.506. The molecule has 0 bridgehead atoms. The summed E-state index contributed by atoms with van der Waals surface area (Å²) in [5.74, 6) is 0.450. The van der Waals surface area contributed by atoms with Crippen LogP contribution in [-0.4, -0.2) is 26.3 Å². The molecule has 5 heteroatoms. The predicted molar refractivity (Wildman–Crippen MR) is 64.5 cm³/mol. The van der Waals surface area contributed by atoms with Crippen LogP contribution in [0.5, 0.6) is 0 Å². The summed E-state index contributed by atoms with van der Waals surface area (Å²) in [4.78, 5) is 0. The van der Waals surface area contributed by atoms with Gasteiger partial charge in [-0.15, -0.1) is 0 Å². The summed E-state index contributed by atoms with van der Waals surface area (Å²) in [5, 5.41) is -0.137. The van der Waals surface area contributed by atoms with E-state index in [-0.39, 0.29) is 11.3 Å². The summed E-state index contributed by atoms with van der Waals surface area (Å²) >= 11 is 0. The molecule has 0 heterocycles. The zero-order chi connectivity index (χ0) is 11.6. The van der Waals surface area contributed by atoms with E-state index in [1.807, 2.05) is 0 Å².